The molecule has 1 atom stereocenters. The molecule has 0 spiro atoms. The highest BCUT2D eigenvalue weighted by Gasteiger charge is 2.18. The van der Waals surface area contributed by atoms with Gasteiger partial charge in [-0.25, -0.2) is 0 Å². The molecule has 2 aromatic rings. The van der Waals surface area contributed by atoms with E-state index in [9.17, 15) is 5.11 Å². The van der Waals surface area contributed by atoms with Gasteiger partial charge in [0.15, 0.2) is 0 Å². The van der Waals surface area contributed by atoms with Crippen LogP contribution in [0.15, 0.2) is 54.6 Å². The van der Waals surface area contributed by atoms with Crippen molar-refractivity contribution >= 4 is 0 Å². The fraction of sp³-hybridized carbons (Fsp3) is 0.520. The number of hydrogen-bond acceptors (Lipinski definition) is 3. The molecule has 1 saturated heterocycles. The number of hydrogen-bond donors (Lipinski definition) is 1. The number of piperidine rings is 1. The molecule has 0 bridgehead atoms. The van der Waals surface area contributed by atoms with Crippen LogP contribution in [0, 0.1) is 0 Å². The Kier molecular flexibility index (Phi) is 8.08. The van der Waals surface area contributed by atoms with Gasteiger partial charge in [-0.15, -0.1) is 0 Å². The van der Waals surface area contributed by atoms with Crippen molar-refractivity contribution in [3.63, 3.8) is 0 Å². The summed E-state index contributed by atoms with van der Waals surface area (Å²) in [5, 5.41) is 11.0. The molecule has 152 valence electrons. The minimum Gasteiger partial charge on any atom is -0.388 e. The standard InChI is InChI=1S/C25H36N2O/c1-21(2)27(19-22-11-5-3-6-12-22)18-15-25(28)24-14-8-7-13-23(24)20-26-16-9-4-10-17-26/h3,5-8,11-14,21,25,28H,4,9-10,15-20H2,1-2H3. The molecule has 0 amide bonds. The Morgan fingerprint density at radius 2 is 1.61 bits per heavy atom. The van der Waals surface area contributed by atoms with Gasteiger partial charge in [-0.1, -0.05) is 61.0 Å². The average molecular weight is 381 g/mol. The van der Waals surface area contributed by atoms with E-state index in [-0.39, 0.29) is 0 Å². The van der Waals surface area contributed by atoms with Gasteiger partial charge in [0.1, 0.15) is 0 Å². The lowest BCUT2D eigenvalue weighted by Crippen LogP contribution is -2.32. The van der Waals surface area contributed by atoms with Crippen LogP contribution >= 0.6 is 0 Å². The predicted octanol–water partition coefficient (Wildman–Crippen LogP) is 5.01. The van der Waals surface area contributed by atoms with Crippen LogP contribution in [0.5, 0.6) is 0 Å². The highest BCUT2D eigenvalue weighted by atomic mass is 16.3. The summed E-state index contributed by atoms with van der Waals surface area (Å²) in [5.41, 5.74) is 3.73. The number of likely N-dealkylation sites (tertiary alicyclic amines) is 1. The van der Waals surface area contributed by atoms with Crippen molar-refractivity contribution in [3.8, 4) is 0 Å². The Bertz CT molecular complexity index is 695. The summed E-state index contributed by atoms with van der Waals surface area (Å²) in [6, 6.07) is 19.5. The minimum atomic E-state index is -0.405. The van der Waals surface area contributed by atoms with E-state index in [1.165, 1.54) is 43.5 Å². The van der Waals surface area contributed by atoms with Crippen molar-refractivity contribution in [2.24, 2.45) is 0 Å². The molecule has 1 aliphatic rings. The zero-order valence-corrected chi connectivity index (χ0v) is 17.6. The molecule has 0 aliphatic carbocycles. The molecule has 3 heteroatoms. The molecule has 1 heterocycles. The maximum atomic E-state index is 11.0. The number of aliphatic hydroxyl groups is 1. The van der Waals surface area contributed by atoms with Crippen LogP contribution in [0.4, 0.5) is 0 Å². The highest BCUT2D eigenvalue weighted by Crippen LogP contribution is 2.24. The Hall–Kier alpha value is -1.68. The van der Waals surface area contributed by atoms with Crippen LogP contribution in [-0.4, -0.2) is 40.6 Å². The monoisotopic (exact) mass is 380 g/mol. The van der Waals surface area contributed by atoms with Gasteiger partial charge >= 0.3 is 0 Å². The van der Waals surface area contributed by atoms with Gasteiger partial charge in [-0.05, 0) is 62.9 Å². The Labute approximate surface area is 171 Å². The third kappa shape index (κ3) is 6.16. The van der Waals surface area contributed by atoms with E-state index in [0.717, 1.165) is 31.6 Å². The summed E-state index contributed by atoms with van der Waals surface area (Å²) in [6.45, 7) is 9.63. The number of aliphatic hydroxyl groups excluding tert-OH is 1. The Balaban J connectivity index is 1.60. The zero-order chi connectivity index (χ0) is 19.8. The van der Waals surface area contributed by atoms with Gasteiger partial charge in [-0.3, -0.25) is 9.80 Å². The molecule has 0 radical (unpaired) electrons. The minimum absolute atomic E-state index is 0.405. The van der Waals surface area contributed by atoms with Gasteiger partial charge in [0.05, 0.1) is 6.10 Å². The molecule has 0 aromatic heterocycles. The van der Waals surface area contributed by atoms with Crippen LogP contribution in [0.25, 0.3) is 0 Å². The topological polar surface area (TPSA) is 26.7 Å². The second-order valence-corrected chi connectivity index (χ2v) is 8.39. The Morgan fingerprint density at radius 3 is 2.32 bits per heavy atom. The van der Waals surface area contributed by atoms with E-state index in [2.05, 4.69) is 78.2 Å². The maximum absolute atomic E-state index is 11.0. The summed E-state index contributed by atoms with van der Waals surface area (Å²) in [4.78, 5) is 4.98. The van der Waals surface area contributed by atoms with Crippen molar-refractivity contribution in [2.45, 2.75) is 64.8 Å². The summed E-state index contributed by atoms with van der Waals surface area (Å²) >= 11 is 0. The molecule has 1 aliphatic heterocycles. The summed E-state index contributed by atoms with van der Waals surface area (Å²) in [5.74, 6) is 0. The van der Waals surface area contributed by atoms with E-state index >= 15 is 0 Å². The molecule has 1 unspecified atom stereocenters. The molecule has 3 nitrogen and oxygen atoms in total. The SMILES string of the molecule is CC(C)N(CCC(O)c1ccccc1CN1CCCCC1)Cc1ccccc1. The average Bonchev–Trinajstić information content (AvgIpc) is 2.72. The van der Waals surface area contributed by atoms with E-state index in [1.807, 2.05) is 0 Å². The number of nitrogens with zero attached hydrogens (tertiary/aromatic N) is 2. The first-order valence-corrected chi connectivity index (χ1v) is 10.9. The van der Waals surface area contributed by atoms with Gasteiger partial charge in [0.2, 0.25) is 0 Å². The molecule has 28 heavy (non-hydrogen) atoms. The van der Waals surface area contributed by atoms with E-state index < -0.39 is 6.10 Å². The van der Waals surface area contributed by atoms with Crippen LogP contribution in [-0.2, 0) is 13.1 Å². The van der Waals surface area contributed by atoms with E-state index in [0.29, 0.717) is 6.04 Å². The van der Waals surface area contributed by atoms with E-state index in [1.54, 1.807) is 0 Å². The van der Waals surface area contributed by atoms with Crippen LogP contribution in [0.3, 0.4) is 0 Å². The third-order valence-electron chi connectivity index (χ3n) is 5.91. The lowest BCUT2D eigenvalue weighted by atomic mass is 9.98. The van der Waals surface area contributed by atoms with Crippen molar-refractivity contribution < 1.29 is 5.11 Å². The van der Waals surface area contributed by atoms with Crippen LogP contribution in [0.1, 0.15) is 62.3 Å². The lowest BCUT2D eigenvalue weighted by molar-refractivity contribution is 0.125. The fourth-order valence-electron chi connectivity index (χ4n) is 4.14. The second-order valence-electron chi connectivity index (χ2n) is 8.39. The first kappa shape index (κ1) is 21.0. The Morgan fingerprint density at radius 1 is 0.929 bits per heavy atom. The first-order valence-electron chi connectivity index (χ1n) is 10.9. The molecular formula is C25H36N2O. The van der Waals surface area contributed by atoms with Crippen molar-refractivity contribution in [1.82, 2.24) is 9.80 Å². The van der Waals surface area contributed by atoms with Gasteiger partial charge in [0.25, 0.3) is 0 Å². The van der Waals surface area contributed by atoms with Gasteiger partial charge in [0, 0.05) is 25.7 Å². The summed E-state index contributed by atoms with van der Waals surface area (Å²) in [7, 11) is 0. The zero-order valence-electron chi connectivity index (χ0n) is 17.6. The summed E-state index contributed by atoms with van der Waals surface area (Å²) < 4.78 is 0. The molecular weight excluding hydrogens is 344 g/mol. The van der Waals surface area contributed by atoms with Crippen molar-refractivity contribution in [1.29, 1.82) is 0 Å². The first-order chi connectivity index (χ1) is 13.6. The molecule has 1 fully saturated rings. The number of rotatable bonds is 9. The molecule has 2 aromatic carbocycles. The molecule has 0 saturated carbocycles. The second kappa shape index (κ2) is 10.8. The fourth-order valence-corrected chi connectivity index (χ4v) is 4.14. The normalized spacial score (nSPS) is 16.6. The van der Waals surface area contributed by atoms with Crippen molar-refractivity contribution in [3.05, 3.63) is 71.3 Å². The van der Waals surface area contributed by atoms with E-state index in [4.69, 9.17) is 0 Å². The highest BCUT2D eigenvalue weighted by molar-refractivity contribution is 5.29. The van der Waals surface area contributed by atoms with Crippen LogP contribution < -0.4 is 0 Å². The third-order valence-corrected chi connectivity index (χ3v) is 5.91. The largest absolute Gasteiger partial charge is 0.388 e. The predicted molar refractivity (Wildman–Crippen MR) is 117 cm³/mol. The number of benzene rings is 2. The van der Waals surface area contributed by atoms with Gasteiger partial charge < -0.3 is 5.11 Å². The summed E-state index contributed by atoms with van der Waals surface area (Å²) in [6.07, 6.45) is 4.31. The maximum Gasteiger partial charge on any atom is 0.0805 e. The molecule has 1 N–H and O–H groups in total. The smallest absolute Gasteiger partial charge is 0.0805 e. The quantitative estimate of drug-likeness (QED) is 0.663. The van der Waals surface area contributed by atoms with Crippen LogP contribution in [0.2, 0.25) is 0 Å². The van der Waals surface area contributed by atoms with Gasteiger partial charge in [-0.2, -0.15) is 0 Å². The van der Waals surface area contributed by atoms with Crippen molar-refractivity contribution in [2.75, 3.05) is 19.6 Å². The molecule has 3 rings (SSSR count). The lowest BCUT2D eigenvalue weighted by Gasteiger charge is -2.29.